The molecule has 7 nitrogen and oxygen atoms in total. The average molecular weight is 341 g/mol. The molecule has 1 aliphatic rings. The number of benzene rings is 1. The molecule has 1 fully saturated rings. The van der Waals surface area contributed by atoms with Crippen LogP contribution >= 0.6 is 0 Å². The normalized spacial score (nSPS) is 15.7. The second kappa shape index (κ2) is 7.29. The number of methoxy groups -OCH3 is 1. The molecule has 0 aliphatic carbocycles. The predicted molar refractivity (Wildman–Crippen MR) is 87.2 cm³/mol. The van der Waals surface area contributed by atoms with Gasteiger partial charge in [0, 0.05) is 37.8 Å². The summed E-state index contributed by atoms with van der Waals surface area (Å²) < 4.78 is 32.5. The average Bonchev–Trinajstić information content (AvgIpc) is 2.53. The Morgan fingerprint density at radius 2 is 1.96 bits per heavy atom. The van der Waals surface area contributed by atoms with Crippen LogP contribution in [0.25, 0.3) is 0 Å². The summed E-state index contributed by atoms with van der Waals surface area (Å²) in [5.41, 5.74) is 0.344. The Kier molecular flexibility index (Phi) is 5.61. The number of nitrogens with one attached hydrogen (secondary N) is 2. The van der Waals surface area contributed by atoms with Crippen molar-refractivity contribution >= 4 is 15.9 Å². The number of piperazine rings is 1. The van der Waals surface area contributed by atoms with E-state index in [1.807, 2.05) is 0 Å². The Labute approximate surface area is 137 Å². The van der Waals surface area contributed by atoms with Gasteiger partial charge in [-0.2, -0.15) is 0 Å². The van der Waals surface area contributed by atoms with Gasteiger partial charge >= 0.3 is 0 Å². The van der Waals surface area contributed by atoms with E-state index in [0.29, 0.717) is 18.7 Å². The monoisotopic (exact) mass is 341 g/mol. The van der Waals surface area contributed by atoms with Crippen LogP contribution in [0.15, 0.2) is 23.1 Å². The van der Waals surface area contributed by atoms with E-state index in [1.165, 1.54) is 19.2 Å². The van der Waals surface area contributed by atoms with Crippen molar-refractivity contribution in [3.8, 4) is 5.75 Å². The van der Waals surface area contributed by atoms with Gasteiger partial charge in [0.2, 0.25) is 10.0 Å². The van der Waals surface area contributed by atoms with Crippen molar-refractivity contribution in [2.75, 3.05) is 33.3 Å². The van der Waals surface area contributed by atoms with Gasteiger partial charge in [0.1, 0.15) is 10.6 Å². The standard InChI is InChI=1S/C15H23N3O4S/c1-11(2)17-23(20,21)14-10-12(4-5-13(14)22-3)15(19)18-8-6-16-7-9-18/h4-5,10-11,16-17H,6-9H2,1-3H3. The van der Waals surface area contributed by atoms with E-state index in [-0.39, 0.29) is 22.6 Å². The largest absolute Gasteiger partial charge is 0.495 e. The van der Waals surface area contributed by atoms with Crippen LogP contribution < -0.4 is 14.8 Å². The first-order valence-electron chi connectivity index (χ1n) is 7.55. The lowest BCUT2D eigenvalue weighted by molar-refractivity contribution is 0.0735. The minimum absolute atomic E-state index is 0.0188. The van der Waals surface area contributed by atoms with Crippen molar-refractivity contribution < 1.29 is 17.9 Å². The molecule has 0 unspecified atom stereocenters. The number of nitrogens with zero attached hydrogens (tertiary/aromatic N) is 1. The van der Waals surface area contributed by atoms with E-state index in [9.17, 15) is 13.2 Å². The zero-order valence-electron chi connectivity index (χ0n) is 13.6. The first-order valence-corrected chi connectivity index (χ1v) is 9.04. The van der Waals surface area contributed by atoms with Crippen molar-refractivity contribution in [2.45, 2.75) is 24.8 Å². The van der Waals surface area contributed by atoms with Gasteiger partial charge in [-0.1, -0.05) is 0 Å². The molecule has 0 bridgehead atoms. The zero-order valence-corrected chi connectivity index (χ0v) is 14.4. The van der Waals surface area contributed by atoms with Crippen LogP contribution in [0.5, 0.6) is 5.75 Å². The van der Waals surface area contributed by atoms with Crippen LogP contribution in [0.4, 0.5) is 0 Å². The Hall–Kier alpha value is -1.64. The molecule has 0 spiro atoms. The summed E-state index contributed by atoms with van der Waals surface area (Å²) >= 11 is 0. The van der Waals surface area contributed by atoms with Gasteiger partial charge in [0.05, 0.1) is 7.11 Å². The first kappa shape index (κ1) is 17.7. The Morgan fingerprint density at radius 1 is 1.30 bits per heavy atom. The quantitative estimate of drug-likeness (QED) is 0.811. The molecule has 1 aromatic carbocycles. The lowest BCUT2D eigenvalue weighted by Gasteiger charge is -2.27. The number of hydrogen-bond donors (Lipinski definition) is 2. The third-order valence-electron chi connectivity index (χ3n) is 3.50. The molecule has 0 aromatic heterocycles. The highest BCUT2D eigenvalue weighted by Gasteiger charge is 2.24. The summed E-state index contributed by atoms with van der Waals surface area (Å²) in [6.45, 7) is 6.16. The highest BCUT2D eigenvalue weighted by Crippen LogP contribution is 2.25. The van der Waals surface area contributed by atoms with Crippen molar-refractivity contribution in [3.63, 3.8) is 0 Å². The highest BCUT2D eigenvalue weighted by atomic mass is 32.2. The molecule has 0 saturated carbocycles. The second-order valence-electron chi connectivity index (χ2n) is 5.68. The van der Waals surface area contributed by atoms with E-state index in [4.69, 9.17) is 4.74 Å². The summed E-state index contributed by atoms with van der Waals surface area (Å²) in [6, 6.07) is 4.24. The summed E-state index contributed by atoms with van der Waals surface area (Å²) in [6.07, 6.45) is 0. The van der Waals surface area contributed by atoms with Gasteiger partial charge < -0.3 is 15.0 Å². The van der Waals surface area contributed by atoms with E-state index >= 15 is 0 Å². The third-order valence-corrected chi connectivity index (χ3v) is 5.17. The molecular formula is C15H23N3O4S. The molecule has 23 heavy (non-hydrogen) atoms. The van der Waals surface area contributed by atoms with Crippen LogP contribution in [-0.2, 0) is 10.0 Å². The molecule has 128 valence electrons. The van der Waals surface area contributed by atoms with Gasteiger partial charge in [-0.3, -0.25) is 4.79 Å². The lowest BCUT2D eigenvalue weighted by atomic mass is 10.1. The van der Waals surface area contributed by atoms with Crippen LogP contribution in [0, 0.1) is 0 Å². The molecule has 1 saturated heterocycles. The Bertz CT molecular complexity index is 667. The molecule has 0 atom stereocenters. The third kappa shape index (κ3) is 4.21. The van der Waals surface area contributed by atoms with Gasteiger partial charge in [-0.15, -0.1) is 0 Å². The molecule has 0 radical (unpaired) electrons. The van der Waals surface area contributed by atoms with E-state index in [1.54, 1.807) is 24.8 Å². The van der Waals surface area contributed by atoms with Crippen LogP contribution in [-0.4, -0.2) is 58.6 Å². The van der Waals surface area contributed by atoms with Crippen molar-refractivity contribution in [3.05, 3.63) is 23.8 Å². The smallest absolute Gasteiger partial charge is 0.253 e. The van der Waals surface area contributed by atoms with Gasteiger partial charge in [-0.05, 0) is 32.0 Å². The number of sulfonamides is 1. The molecule has 1 aliphatic heterocycles. The number of hydrogen-bond acceptors (Lipinski definition) is 5. The summed E-state index contributed by atoms with van der Waals surface area (Å²) in [4.78, 5) is 14.2. The molecule has 2 N–H and O–H groups in total. The number of carbonyl (C=O) groups excluding carboxylic acids is 1. The van der Waals surface area contributed by atoms with Gasteiger partial charge in [0.15, 0.2) is 0 Å². The molecular weight excluding hydrogens is 318 g/mol. The second-order valence-corrected chi connectivity index (χ2v) is 7.37. The van der Waals surface area contributed by atoms with Crippen molar-refractivity contribution in [1.29, 1.82) is 0 Å². The van der Waals surface area contributed by atoms with Crippen molar-refractivity contribution in [2.24, 2.45) is 0 Å². The van der Waals surface area contributed by atoms with E-state index in [2.05, 4.69) is 10.0 Å². The predicted octanol–water partition coefficient (Wildman–Crippen LogP) is 0.427. The molecule has 2 rings (SSSR count). The Balaban J connectivity index is 2.37. The molecule has 1 amide bonds. The molecule has 8 heteroatoms. The number of amides is 1. The van der Waals surface area contributed by atoms with Gasteiger partial charge in [0.25, 0.3) is 5.91 Å². The topological polar surface area (TPSA) is 87.7 Å². The van der Waals surface area contributed by atoms with Crippen LogP contribution in [0.2, 0.25) is 0 Å². The van der Waals surface area contributed by atoms with Crippen LogP contribution in [0.1, 0.15) is 24.2 Å². The molecule has 1 aromatic rings. The fraction of sp³-hybridized carbons (Fsp3) is 0.533. The number of ether oxygens (including phenoxy) is 1. The maximum absolute atomic E-state index is 12.5. The summed E-state index contributed by atoms with van der Waals surface area (Å²) in [5, 5.41) is 3.18. The fourth-order valence-electron chi connectivity index (χ4n) is 2.44. The fourth-order valence-corrected chi connectivity index (χ4v) is 3.89. The summed E-state index contributed by atoms with van der Waals surface area (Å²) in [5.74, 6) is 0.0464. The molecule has 1 heterocycles. The zero-order chi connectivity index (χ0) is 17.0. The van der Waals surface area contributed by atoms with Crippen LogP contribution in [0.3, 0.4) is 0 Å². The maximum atomic E-state index is 12.5. The van der Waals surface area contributed by atoms with E-state index < -0.39 is 10.0 Å². The van der Waals surface area contributed by atoms with E-state index in [0.717, 1.165) is 13.1 Å². The highest BCUT2D eigenvalue weighted by molar-refractivity contribution is 7.89. The SMILES string of the molecule is COc1ccc(C(=O)N2CCNCC2)cc1S(=O)(=O)NC(C)C. The maximum Gasteiger partial charge on any atom is 0.253 e. The summed E-state index contributed by atoms with van der Waals surface area (Å²) in [7, 11) is -2.34. The van der Waals surface area contributed by atoms with Crippen molar-refractivity contribution in [1.82, 2.24) is 14.9 Å². The number of rotatable bonds is 5. The minimum atomic E-state index is -3.75. The number of carbonyl (C=O) groups is 1. The Morgan fingerprint density at radius 3 is 2.52 bits per heavy atom. The first-order chi connectivity index (χ1) is 10.8. The lowest BCUT2D eigenvalue weighted by Crippen LogP contribution is -2.46. The minimum Gasteiger partial charge on any atom is -0.495 e. The van der Waals surface area contributed by atoms with Gasteiger partial charge in [-0.25, -0.2) is 13.1 Å².